The van der Waals surface area contributed by atoms with Crippen LogP contribution in [0.4, 0.5) is 0 Å². The molecule has 0 aliphatic rings. The molecule has 0 spiro atoms. The summed E-state index contributed by atoms with van der Waals surface area (Å²) in [7, 11) is -9.79. The molecule has 0 aliphatic carbocycles. The van der Waals surface area contributed by atoms with E-state index >= 15 is 0 Å². The third-order valence-corrected chi connectivity index (χ3v) is 19.2. The van der Waals surface area contributed by atoms with Gasteiger partial charge in [0.25, 0.3) is 0 Å². The maximum atomic E-state index is 12.9. The molecule has 0 rings (SSSR count). The predicted octanol–water partition coefficient (Wildman–Crippen LogP) is 24.7. The fourth-order valence-electron chi connectivity index (χ4n) is 11.0. The zero-order valence-corrected chi connectivity index (χ0v) is 67.9. The van der Waals surface area contributed by atoms with Gasteiger partial charge in [-0.2, -0.15) is 0 Å². The number of rotatable bonds is 78. The molecule has 0 aromatic heterocycles. The highest BCUT2D eigenvalue weighted by molar-refractivity contribution is 7.47. The monoisotopic (exact) mass is 1510 g/mol. The highest BCUT2D eigenvalue weighted by Gasteiger charge is 2.29. The average Bonchev–Trinajstić information content (AvgIpc) is 1.81. The fourth-order valence-corrected chi connectivity index (χ4v) is 12.6. The summed E-state index contributed by atoms with van der Waals surface area (Å²) in [4.78, 5) is 58.6. The number of hydrogen-bond donors (Lipinski definition) is 4. The molecular weight excluding hydrogens is 1360 g/mol. The standard InChI is InChI=1S/C87H150O16P2/c1-4-7-10-13-16-19-22-24-26-28-30-32-34-36-38-40-42-44-46-48-50-52-54-56-59-61-64-67-70-73-85(90)97-76-82(88)77-99-104(93,94)100-78-83(89)79-101-105(95,96)102-81-84(103-87(92)75-72-69-66-63-58-21-18-15-12-9-6-3)80-98-86(91)74-71-68-65-62-60-57-55-53-51-49-47-45-43-41-39-37-35-33-31-29-27-25-23-20-17-14-11-8-5-2/h7,10,15-20,24-27,30-33,36-39,42,44,82-84,88-89H,4-6,8-9,11-14,21-23,28-29,34-35,40-41,43,45-81H2,1-3H3,(H,93,94)(H,95,96)/b10-7-,18-15-,19-16-,20-17-,26-24-,27-25-,32-30-,33-31-,38-36-,39-37-,44-42-. The molecule has 18 heteroatoms. The van der Waals surface area contributed by atoms with E-state index in [4.69, 9.17) is 32.3 Å². The van der Waals surface area contributed by atoms with E-state index in [0.717, 1.165) is 154 Å². The van der Waals surface area contributed by atoms with Crippen LogP contribution in [0.5, 0.6) is 0 Å². The van der Waals surface area contributed by atoms with Crippen molar-refractivity contribution in [1.29, 1.82) is 0 Å². The zero-order chi connectivity index (χ0) is 76.6. The summed E-state index contributed by atoms with van der Waals surface area (Å²) in [6.07, 6.45) is 96.6. The fraction of sp³-hybridized carbons (Fsp3) is 0.713. The van der Waals surface area contributed by atoms with Crippen LogP contribution in [0.15, 0.2) is 134 Å². The summed E-state index contributed by atoms with van der Waals surface area (Å²) >= 11 is 0. The normalized spacial score (nSPS) is 14.6. The number of phosphoric ester groups is 2. The Morgan fingerprint density at radius 1 is 0.276 bits per heavy atom. The van der Waals surface area contributed by atoms with Crippen molar-refractivity contribution in [2.45, 2.75) is 360 Å². The molecule has 0 heterocycles. The van der Waals surface area contributed by atoms with Crippen molar-refractivity contribution in [2.75, 3.05) is 39.6 Å². The van der Waals surface area contributed by atoms with Gasteiger partial charge in [-0.3, -0.25) is 32.5 Å². The number of carbonyl (C=O) groups excluding carboxylic acids is 3. The second-order valence-electron chi connectivity index (χ2n) is 27.5. The van der Waals surface area contributed by atoms with Gasteiger partial charge in [0.05, 0.1) is 26.4 Å². The minimum absolute atomic E-state index is 0.0930. The first kappa shape index (κ1) is 101. The van der Waals surface area contributed by atoms with Crippen LogP contribution in [0.2, 0.25) is 0 Å². The largest absolute Gasteiger partial charge is 0.472 e. The Labute approximate surface area is 639 Å². The lowest BCUT2D eigenvalue weighted by Gasteiger charge is -2.21. The molecule has 4 N–H and O–H groups in total. The first-order chi connectivity index (χ1) is 51.2. The van der Waals surface area contributed by atoms with Crippen LogP contribution < -0.4 is 0 Å². The second kappa shape index (κ2) is 79.2. The maximum Gasteiger partial charge on any atom is 0.472 e. The van der Waals surface area contributed by atoms with Crippen LogP contribution in [0, 0.1) is 0 Å². The van der Waals surface area contributed by atoms with Gasteiger partial charge in [-0.25, -0.2) is 9.13 Å². The third kappa shape index (κ3) is 80.5. The summed E-state index contributed by atoms with van der Waals surface area (Å²) < 4.78 is 61.1. The van der Waals surface area contributed by atoms with E-state index in [1.54, 1.807) is 0 Å². The Balaban J connectivity index is 4.43. The molecule has 0 bridgehead atoms. The van der Waals surface area contributed by atoms with Gasteiger partial charge in [0, 0.05) is 19.3 Å². The van der Waals surface area contributed by atoms with E-state index in [2.05, 4.69) is 154 Å². The Bertz CT molecular complexity index is 2440. The average molecular weight is 1510 g/mol. The summed E-state index contributed by atoms with van der Waals surface area (Å²) in [6.45, 7) is 2.50. The molecule has 0 aromatic carbocycles. The van der Waals surface area contributed by atoms with Crippen molar-refractivity contribution in [2.24, 2.45) is 0 Å². The van der Waals surface area contributed by atoms with E-state index in [1.807, 2.05) is 0 Å². The van der Waals surface area contributed by atoms with E-state index in [0.29, 0.717) is 19.3 Å². The number of hydrogen-bond acceptors (Lipinski definition) is 14. The Morgan fingerprint density at radius 3 is 0.838 bits per heavy atom. The number of unbranched alkanes of at least 4 members (excludes halogenated alkanes) is 33. The van der Waals surface area contributed by atoms with Crippen molar-refractivity contribution in [3.63, 3.8) is 0 Å². The quantitative estimate of drug-likeness (QED) is 0.0146. The van der Waals surface area contributed by atoms with E-state index in [1.165, 1.54) is 128 Å². The lowest BCUT2D eigenvalue weighted by atomic mass is 10.0. The Morgan fingerprint density at radius 2 is 0.514 bits per heavy atom. The Kier molecular flexibility index (Phi) is 76.0. The molecule has 0 amide bonds. The topological polar surface area (TPSA) is 231 Å². The Hall–Kier alpha value is -4.31. The molecule has 105 heavy (non-hydrogen) atoms. The molecule has 5 unspecified atom stereocenters. The van der Waals surface area contributed by atoms with Crippen molar-refractivity contribution in [3.8, 4) is 0 Å². The SMILES string of the molecule is CC/C=C\C/C=C\C/C=C\C/C=C\C/C=C\C/C=C\CCCCCCCCCCCCC(=O)OCC(O)COP(=O)(O)OCC(O)COP(=O)(O)OCC(COC(=O)CCCCCCCCCCCCCCC/C=C\C/C=C\C/C=C\C/C=C\CCCCC)OC(=O)CCCCCCC/C=C\CCCC. The van der Waals surface area contributed by atoms with Crippen molar-refractivity contribution >= 4 is 33.6 Å². The highest BCUT2D eigenvalue weighted by Crippen LogP contribution is 2.45. The van der Waals surface area contributed by atoms with Crippen molar-refractivity contribution in [3.05, 3.63) is 134 Å². The molecular formula is C87H150O16P2. The minimum Gasteiger partial charge on any atom is -0.463 e. The summed E-state index contributed by atoms with van der Waals surface area (Å²) in [5, 5.41) is 20.6. The zero-order valence-electron chi connectivity index (χ0n) is 66.1. The number of aliphatic hydroxyl groups is 2. The van der Waals surface area contributed by atoms with Gasteiger partial charge in [0.2, 0.25) is 0 Å². The van der Waals surface area contributed by atoms with Crippen LogP contribution in [0.1, 0.15) is 342 Å². The lowest BCUT2D eigenvalue weighted by molar-refractivity contribution is -0.161. The van der Waals surface area contributed by atoms with Gasteiger partial charge in [0.15, 0.2) is 6.10 Å². The third-order valence-electron chi connectivity index (χ3n) is 17.3. The minimum atomic E-state index is -4.93. The first-order valence-electron chi connectivity index (χ1n) is 41.5. The number of phosphoric acid groups is 2. The number of esters is 3. The van der Waals surface area contributed by atoms with Crippen LogP contribution in [-0.4, -0.2) is 95.9 Å². The number of ether oxygens (including phenoxy) is 3. The molecule has 16 nitrogen and oxygen atoms in total. The van der Waals surface area contributed by atoms with Gasteiger partial charge in [-0.1, -0.05) is 321 Å². The van der Waals surface area contributed by atoms with Gasteiger partial charge in [-0.15, -0.1) is 0 Å². The van der Waals surface area contributed by atoms with E-state index < -0.39 is 91.5 Å². The first-order valence-corrected chi connectivity index (χ1v) is 44.5. The molecule has 0 saturated carbocycles. The highest BCUT2D eigenvalue weighted by atomic mass is 31.2. The number of aliphatic hydroxyl groups excluding tert-OH is 2. The van der Waals surface area contributed by atoms with Crippen LogP contribution in [0.3, 0.4) is 0 Å². The smallest absolute Gasteiger partial charge is 0.463 e. The van der Waals surface area contributed by atoms with Gasteiger partial charge in [0.1, 0.15) is 25.4 Å². The van der Waals surface area contributed by atoms with Crippen molar-refractivity contribution < 1.29 is 75.8 Å². The van der Waals surface area contributed by atoms with Crippen LogP contribution in [0.25, 0.3) is 0 Å². The molecule has 0 radical (unpaired) electrons. The van der Waals surface area contributed by atoms with E-state index in [9.17, 15) is 43.5 Å². The summed E-state index contributed by atoms with van der Waals surface area (Å²) in [5.74, 6) is -1.58. The summed E-state index contributed by atoms with van der Waals surface area (Å²) in [6, 6.07) is 0. The van der Waals surface area contributed by atoms with Crippen LogP contribution in [-0.2, 0) is 55.8 Å². The van der Waals surface area contributed by atoms with Crippen molar-refractivity contribution in [1.82, 2.24) is 0 Å². The lowest BCUT2D eigenvalue weighted by Crippen LogP contribution is -2.30. The van der Waals surface area contributed by atoms with Crippen LogP contribution >= 0.6 is 15.6 Å². The molecule has 0 fully saturated rings. The predicted molar refractivity (Wildman–Crippen MR) is 436 cm³/mol. The number of allylic oxidation sites excluding steroid dienone is 22. The second-order valence-corrected chi connectivity index (χ2v) is 30.4. The number of carbonyl (C=O) groups is 3. The molecule has 0 saturated heterocycles. The van der Waals surface area contributed by atoms with Gasteiger partial charge < -0.3 is 34.2 Å². The maximum absolute atomic E-state index is 12.9. The molecule has 604 valence electrons. The molecule has 0 aromatic rings. The molecule has 5 atom stereocenters. The summed E-state index contributed by atoms with van der Waals surface area (Å²) in [5.41, 5.74) is 0. The molecule has 0 aliphatic heterocycles. The van der Waals surface area contributed by atoms with Gasteiger partial charge >= 0.3 is 33.6 Å². The van der Waals surface area contributed by atoms with E-state index in [-0.39, 0.29) is 19.3 Å². The van der Waals surface area contributed by atoms with Gasteiger partial charge in [-0.05, 0) is 135 Å².